The Kier molecular flexibility index (Phi) is 4.98. The zero-order valence-corrected chi connectivity index (χ0v) is 13.6. The van der Waals surface area contributed by atoms with E-state index in [0.717, 1.165) is 15.6 Å². The fourth-order valence-corrected chi connectivity index (χ4v) is 2.53. The maximum Gasteiger partial charge on any atom is 0.253 e. The summed E-state index contributed by atoms with van der Waals surface area (Å²) in [7, 11) is 0. The number of nitrogens with one attached hydrogen (secondary N) is 2. The van der Waals surface area contributed by atoms with Gasteiger partial charge in [-0.3, -0.25) is 10.6 Å². The molecule has 2 aromatic rings. The van der Waals surface area contributed by atoms with Gasteiger partial charge < -0.3 is 10.7 Å². The number of hydrogen-bond acceptors (Lipinski definition) is 3. The number of anilines is 1. The first-order valence-corrected chi connectivity index (χ1v) is 7.44. The lowest BCUT2D eigenvalue weighted by Gasteiger charge is -2.16. The normalized spacial score (nSPS) is 11.8. The first-order valence-electron chi connectivity index (χ1n) is 6.65. The second-order valence-electron chi connectivity index (χ2n) is 4.94. The molecule has 21 heavy (non-hydrogen) atoms. The van der Waals surface area contributed by atoms with Crippen LogP contribution in [0, 0.1) is 6.92 Å². The maximum atomic E-state index is 12.4. The van der Waals surface area contributed by atoms with Gasteiger partial charge in [-0.2, -0.15) is 0 Å². The molecule has 0 heterocycles. The summed E-state index contributed by atoms with van der Waals surface area (Å²) in [5.74, 6) is 5.33. The lowest BCUT2D eigenvalue weighted by Crippen LogP contribution is -2.28. The molecule has 0 bridgehead atoms. The zero-order chi connectivity index (χ0) is 15.4. The van der Waals surface area contributed by atoms with Gasteiger partial charge in [0.1, 0.15) is 0 Å². The first-order chi connectivity index (χ1) is 10.0. The van der Waals surface area contributed by atoms with Crippen molar-refractivity contribution in [2.24, 2.45) is 5.84 Å². The van der Waals surface area contributed by atoms with Crippen LogP contribution in [0.5, 0.6) is 0 Å². The minimum Gasteiger partial charge on any atom is -0.345 e. The molecule has 1 atom stereocenters. The molecule has 4 nitrogen and oxygen atoms in total. The van der Waals surface area contributed by atoms with Crippen molar-refractivity contribution in [3.05, 3.63) is 63.6 Å². The molecule has 0 spiro atoms. The first kappa shape index (κ1) is 15.5. The van der Waals surface area contributed by atoms with Crippen molar-refractivity contribution in [2.75, 3.05) is 5.43 Å². The van der Waals surface area contributed by atoms with Crippen molar-refractivity contribution < 1.29 is 4.79 Å². The van der Waals surface area contributed by atoms with Crippen molar-refractivity contribution in [3.63, 3.8) is 0 Å². The summed E-state index contributed by atoms with van der Waals surface area (Å²) >= 11 is 3.43. The van der Waals surface area contributed by atoms with Crippen LogP contribution in [-0.2, 0) is 0 Å². The second-order valence-corrected chi connectivity index (χ2v) is 5.86. The van der Waals surface area contributed by atoms with Crippen LogP contribution in [0.25, 0.3) is 0 Å². The predicted molar refractivity (Wildman–Crippen MR) is 89.0 cm³/mol. The number of carbonyl (C=O) groups excluding carboxylic acids is 1. The van der Waals surface area contributed by atoms with E-state index < -0.39 is 0 Å². The van der Waals surface area contributed by atoms with Gasteiger partial charge in [0, 0.05) is 4.47 Å². The molecule has 0 saturated carbocycles. The maximum absolute atomic E-state index is 12.4. The third kappa shape index (κ3) is 3.83. The van der Waals surface area contributed by atoms with E-state index in [1.54, 1.807) is 6.07 Å². The molecule has 0 saturated heterocycles. The van der Waals surface area contributed by atoms with E-state index >= 15 is 0 Å². The third-order valence-corrected chi connectivity index (χ3v) is 3.76. The molecule has 4 N–H and O–H groups in total. The number of aryl methyl sites for hydroxylation is 1. The van der Waals surface area contributed by atoms with Gasteiger partial charge in [-0.15, -0.1) is 0 Å². The van der Waals surface area contributed by atoms with Gasteiger partial charge >= 0.3 is 0 Å². The minimum atomic E-state index is -0.157. The summed E-state index contributed by atoms with van der Waals surface area (Å²) in [6, 6.07) is 13.3. The van der Waals surface area contributed by atoms with Gasteiger partial charge in [-0.05, 0) is 49.2 Å². The summed E-state index contributed by atoms with van der Waals surface area (Å²) in [5.41, 5.74) is 5.80. The summed E-state index contributed by atoms with van der Waals surface area (Å²) < 4.78 is 0.987. The number of halogens is 1. The molecule has 1 unspecified atom stereocenters. The van der Waals surface area contributed by atoms with Gasteiger partial charge in [-0.1, -0.05) is 34.1 Å². The summed E-state index contributed by atoms with van der Waals surface area (Å²) in [6.07, 6.45) is 0. The standard InChI is InChI=1S/C16H18BrN3O/c1-10-6-7-14(15(8-10)20-18)16(21)19-11(2)12-4-3-5-13(17)9-12/h3-9,11,20H,18H2,1-2H3,(H,19,21). The van der Waals surface area contributed by atoms with Crippen molar-refractivity contribution in [1.29, 1.82) is 0 Å². The average molecular weight is 348 g/mol. The Hall–Kier alpha value is -1.85. The lowest BCUT2D eigenvalue weighted by atomic mass is 10.1. The molecule has 0 aliphatic carbocycles. The summed E-state index contributed by atoms with van der Waals surface area (Å²) in [6.45, 7) is 3.90. The highest BCUT2D eigenvalue weighted by Gasteiger charge is 2.14. The fourth-order valence-electron chi connectivity index (χ4n) is 2.11. The van der Waals surface area contributed by atoms with Gasteiger partial charge in [0.15, 0.2) is 0 Å². The quantitative estimate of drug-likeness (QED) is 0.585. The number of nitrogen functional groups attached to an aromatic ring is 1. The molecule has 2 aromatic carbocycles. The Morgan fingerprint density at radius 2 is 2.00 bits per heavy atom. The van der Waals surface area contributed by atoms with Crippen LogP contribution in [0.4, 0.5) is 5.69 Å². The molecule has 0 radical (unpaired) electrons. The molecular formula is C16H18BrN3O. The molecule has 1 amide bonds. The number of amides is 1. The lowest BCUT2D eigenvalue weighted by molar-refractivity contribution is 0.0940. The highest BCUT2D eigenvalue weighted by atomic mass is 79.9. The van der Waals surface area contributed by atoms with Crippen LogP contribution in [0.1, 0.15) is 34.5 Å². The number of benzene rings is 2. The highest BCUT2D eigenvalue weighted by molar-refractivity contribution is 9.10. The number of rotatable bonds is 4. The van der Waals surface area contributed by atoms with Gasteiger partial charge in [0.2, 0.25) is 0 Å². The molecule has 2 rings (SSSR count). The van der Waals surface area contributed by atoms with Crippen molar-refractivity contribution >= 4 is 27.5 Å². The average Bonchev–Trinajstić information content (AvgIpc) is 2.46. The van der Waals surface area contributed by atoms with E-state index in [0.29, 0.717) is 11.3 Å². The second kappa shape index (κ2) is 6.74. The van der Waals surface area contributed by atoms with Crippen LogP contribution in [-0.4, -0.2) is 5.91 Å². The summed E-state index contributed by atoms with van der Waals surface area (Å²) in [4.78, 5) is 12.4. The number of nitrogens with two attached hydrogens (primary N) is 1. The van der Waals surface area contributed by atoms with E-state index in [9.17, 15) is 4.79 Å². The van der Waals surface area contributed by atoms with Crippen LogP contribution in [0.2, 0.25) is 0 Å². The Labute approximate surface area is 132 Å². The highest BCUT2D eigenvalue weighted by Crippen LogP contribution is 2.20. The van der Waals surface area contributed by atoms with Gasteiger partial charge in [-0.25, -0.2) is 0 Å². The summed E-state index contributed by atoms with van der Waals surface area (Å²) in [5, 5.41) is 2.98. The molecule has 0 fully saturated rings. The van der Waals surface area contributed by atoms with Gasteiger partial charge in [0.05, 0.1) is 17.3 Å². The fraction of sp³-hybridized carbons (Fsp3) is 0.188. The largest absolute Gasteiger partial charge is 0.345 e. The van der Waals surface area contributed by atoms with Crippen molar-refractivity contribution in [1.82, 2.24) is 5.32 Å². The van der Waals surface area contributed by atoms with Crippen molar-refractivity contribution in [2.45, 2.75) is 19.9 Å². The van der Waals surface area contributed by atoms with Crippen LogP contribution in [0.3, 0.4) is 0 Å². The van der Waals surface area contributed by atoms with Crippen LogP contribution >= 0.6 is 15.9 Å². The van der Waals surface area contributed by atoms with Gasteiger partial charge in [0.25, 0.3) is 5.91 Å². The molecule has 0 aliphatic heterocycles. The van der Waals surface area contributed by atoms with Crippen LogP contribution in [0.15, 0.2) is 46.9 Å². The monoisotopic (exact) mass is 347 g/mol. The topological polar surface area (TPSA) is 67.2 Å². The van der Waals surface area contributed by atoms with E-state index in [-0.39, 0.29) is 11.9 Å². The number of hydrazine groups is 1. The molecule has 5 heteroatoms. The predicted octanol–water partition coefficient (Wildman–Crippen LogP) is 3.53. The number of hydrogen-bond donors (Lipinski definition) is 3. The minimum absolute atomic E-state index is 0.0954. The molecular weight excluding hydrogens is 330 g/mol. The van der Waals surface area contributed by atoms with Crippen molar-refractivity contribution in [3.8, 4) is 0 Å². The SMILES string of the molecule is Cc1ccc(C(=O)NC(C)c2cccc(Br)c2)c(NN)c1. The van der Waals surface area contributed by atoms with E-state index in [4.69, 9.17) is 5.84 Å². The van der Waals surface area contributed by atoms with E-state index in [1.165, 1.54) is 0 Å². The van der Waals surface area contributed by atoms with Crippen LogP contribution < -0.4 is 16.6 Å². The Morgan fingerprint density at radius 1 is 1.24 bits per heavy atom. The third-order valence-electron chi connectivity index (χ3n) is 3.27. The number of carbonyl (C=O) groups is 1. The molecule has 0 aromatic heterocycles. The Bertz CT molecular complexity index is 658. The Balaban J connectivity index is 2.18. The van der Waals surface area contributed by atoms with E-state index in [1.807, 2.05) is 50.2 Å². The Morgan fingerprint density at radius 3 is 2.67 bits per heavy atom. The molecule has 110 valence electrons. The smallest absolute Gasteiger partial charge is 0.253 e. The zero-order valence-electron chi connectivity index (χ0n) is 12.0. The van der Waals surface area contributed by atoms with E-state index in [2.05, 4.69) is 26.7 Å². The molecule has 0 aliphatic rings.